The van der Waals surface area contributed by atoms with Gasteiger partial charge in [-0.25, -0.2) is 0 Å². The molecule has 0 aromatic rings. The van der Waals surface area contributed by atoms with Crippen molar-refractivity contribution in [2.75, 3.05) is 6.54 Å². The molecule has 82 valence electrons. The second-order valence-electron chi connectivity index (χ2n) is 4.96. The lowest BCUT2D eigenvalue weighted by molar-refractivity contribution is -0.121. The summed E-state index contributed by atoms with van der Waals surface area (Å²) in [6.07, 6.45) is 4.97. The van der Waals surface area contributed by atoms with E-state index in [0.717, 1.165) is 19.4 Å². The van der Waals surface area contributed by atoms with Gasteiger partial charge in [-0.1, -0.05) is 6.92 Å². The van der Waals surface area contributed by atoms with Gasteiger partial charge in [-0.15, -0.1) is 0 Å². The van der Waals surface area contributed by atoms with Crippen LogP contribution in [-0.2, 0) is 4.79 Å². The Kier molecular flexibility index (Phi) is 3.93. The van der Waals surface area contributed by atoms with Gasteiger partial charge in [0, 0.05) is 19.0 Å². The first-order valence-corrected chi connectivity index (χ1v) is 5.54. The molecule has 0 aromatic carbocycles. The van der Waals surface area contributed by atoms with E-state index in [1.54, 1.807) is 0 Å². The zero-order valence-electron chi connectivity index (χ0n) is 9.31. The predicted molar refractivity (Wildman–Crippen MR) is 57.9 cm³/mol. The van der Waals surface area contributed by atoms with Crippen LogP contribution in [0.3, 0.4) is 0 Å². The molecule has 3 nitrogen and oxygen atoms in total. The van der Waals surface area contributed by atoms with Crippen molar-refractivity contribution < 1.29 is 4.79 Å². The zero-order valence-corrected chi connectivity index (χ0v) is 9.31. The summed E-state index contributed by atoms with van der Waals surface area (Å²) in [7, 11) is 0. The molecule has 0 radical (unpaired) electrons. The van der Waals surface area contributed by atoms with E-state index in [1.165, 1.54) is 12.8 Å². The van der Waals surface area contributed by atoms with Gasteiger partial charge in [0.15, 0.2) is 0 Å². The Morgan fingerprint density at radius 1 is 1.57 bits per heavy atom. The number of nitrogens with two attached hydrogens (primary N) is 1. The predicted octanol–water partition coefficient (Wildman–Crippen LogP) is 1.42. The van der Waals surface area contributed by atoms with Gasteiger partial charge in [0.25, 0.3) is 0 Å². The van der Waals surface area contributed by atoms with E-state index in [0.29, 0.717) is 11.8 Å². The summed E-state index contributed by atoms with van der Waals surface area (Å²) in [5.74, 6) is 0.179. The van der Waals surface area contributed by atoms with Crippen LogP contribution < -0.4 is 11.1 Å². The highest BCUT2D eigenvalue weighted by Crippen LogP contribution is 2.43. The fourth-order valence-corrected chi connectivity index (χ4v) is 1.38. The average molecular weight is 198 g/mol. The van der Waals surface area contributed by atoms with E-state index < -0.39 is 0 Å². The molecular formula is C11H22N2O. The van der Waals surface area contributed by atoms with Gasteiger partial charge in [0.05, 0.1) is 0 Å². The maximum Gasteiger partial charge on any atom is 0.220 e. The van der Waals surface area contributed by atoms with Gasteiger partial charge >= 0.3 is 0 Å². The molecule has 0 aromatic heterocycles. The average Bonchev–Trinajstić information content (AvgIpc) is 2.81. The van der Waals surface area contributed by atoms with E-state index in [2.05, 4.69) is 12.2 Å². The lowest BCUT2D eigenvalue weighted by Crippen LogP contribution is -2.29. The molecule has 1 aliphatic rings. The Balaban J connectivity index is 1.99. The van der Waals surface area contributed by atoms with Crippen LogP contribution in [0.4, 0.5) is 0 Å². The highest BCUT2D eigenvalue weighted by molar-refractivity contribution is 5.75. The monoisotopic (exact) mass is 198 g/mol. The molecule has 1 atom stereocenters. The van der Waals surface area contributed by atoms with E-state index in [1.807, 2.05) is 6.92 Å². The summed E-state index contributed by atoms with van der Waals surface area (Å²) in [5, 5.41) is 2.98. The van der Waals surface area contributed by atoms with Crippen molar-refractivity contribution in [3.8, 4) is 0 Å². The maximum absolute atomic E-state index is 11.3. The molecule has 0 saturated heterocycles. The van der Waals surface area contributed by atoms with Crippen LogP contribution in [-0.4, -0.2) is 18.5 Å². The van der Waals surface area contributed by atoms with Gasteiger partial charge in [-0.05, 0) is 38.0 Å². The molecule has 0 heterocycles. The van der Waals surface area contributed by atoms with Crippen molar-refractivity contribution in [1.29, 1.82) is 0 Å². The van der Waals surface area contributed by atoms with Crippen LogP contribution in [0.1, 0.15) is 46.0 Å². The van der Waals surface area contributed by atoms with Crippen molar-refractivity contribution >= 4 is 5.91 Å². The van der Waals surface area contributed by atoms with Gasteiger partial charge in [-0.3, -0.25) is 4.79 Å². The first kappa shape index (κ1) is 11.5. The Bertz CT molecular complexity index is 197. The van der Waals surface area contributed by atoms with Gasteiger partial charge in [-0.2, -0.15) is 0 Å². The lowest BCUT2D eigenvalue weighted by atomic mass is 10.1. The first-order chi connectivity index (χ1) is 6.52. The number of carbonyl (C=O) groups is 1. The fourth-order valence-electron chi connectivity index (χ4n) is 1.38. The number of rotatable bonds is 6. The van der Waals surface area contributed by atoms with Crippen molar-refractivity contribution in [1.82, 2.24) is 5.32 Å². The number of carbonyl (C=O) groups excluding carboxylic acids is 1. The molecule has 0 spiro atoms. The Hall–Kier alpha value is -0.570. The summed E-state index contributed by atoms with van der Waals surface area (Å²) in [5.41, 5.74) is 6.01. The summed E-state index contributed by atoms with van der Waals surface area (Å²) in [6, 6.07) is 0.212. The molecule has 1 rings (SSSR count). The topological polar surface area (TPSA) is 55.1 Å². The Labute approximate surface area is 86.4 Å². The van der Waals surface area contributed by atoms with Crippen molar-refractivity contribution in [3.05, 3.63) is 0 Å². The number of nitrogens with one attached hydrogen (secondary N) is 1. The van der Waals surface area contributed by atoms with Gasteiger partial charge < -0.3 is 11.1 Å². The first-order valence-electron chi connectivity index (χ1n) is 5.54. The summed E-state index contributed by atoms with van der Waals surface area (Å²) in [4.78, 5) is 11.3. The van der Waals surface area contributed by atoms with Crippen LogP contribution in [0.5, 0.6) is 0 Å². The molecule has 1 aliphatic carbocycles. The van der Waals surface area contributed by atoms with Crippen LogP contribution >= 0.6 is 0 Å². The minimum Gasteiger partial charge on any atom is -0.356 e. The van der Waals surface area contributed by atoms with Crippen molar-refractivity contribution in [2.45, 2.75) is 52.0 Å². The third-order valence-electron chi connectivity index (χ3n) is 2.88. The van der Waals surface area contributed by atoms with Crippen molar-refractivity contribution in [2.24, 2.45) is 11.1 Å². The third kappa shape index (κ3) is 4.61. The second-order valence-corrected chi connectivity index (χ2v) is 4.96. The minimum atomic E-state index is 0.179. The van der Waals surface area contributed by atoms with Gasteiger partial charge in [0.2, 0.25) is 5.91 Å². The molecule has 1 amide bonds. The normalized spacial score (nSPS) is 20.2. The Morgan fingerprint density at radius 3 is 2.71 bits per heavy atom. The van der Waals surface area contributed by atoms with Crippen LogP contribution in [0.25, 0.3) is 0 Å². The smallest absolute Gasteiger partial charge is 0.220 e. The summed E-state index contributed by atoms with van der Waals surface area (Å²) >= 11 is 0. The minimum absolute atomic E-state index is 0.179. The SMILES string of the molecule is CC(N)CCCC(=O)NCC1(C)CC1. The highest BCUT2D eigenvalue weighted by atomic mass is 16.1. The number of hydrogen-bond acceptors (Lipinski definition) is 2. The maximum atomic E-state index is 11.3. The van der Waals surface area contributed by atoms with E-state index in [4.69, 9.17) is 5.73 Å². The molecule has 1 saturated carbocycles. The van der Waals surface area contributed by atoms with E-state index in [-0.39, 0.29) is 11.9 Å². The molecule has 3 heteroatoms. The van der Waals surface area contributed by atoms with Crippen LogP contribution in [0.15, 0.2) is 0 Å². The molecule has 0 bridgehead atoms. The molecule has 1 unspecified atom stereocenters. The lowest BCUT2D eigenvalue weighted by Gasteiger charge is -2.10. The molecular weight excluding hydrogens is 176 g/mol. The molecule has 3 N–H and O–H groups in total. The number of amides is 1. The number of hydrogen-bond donors (Lipinski definition) is 2. The van der Waals surface area contributed by atoms with E-state index in [9.17, 15) is 4.79 Å². The molecule has 14 heavy (non-hydrogen) atoms. The largest absolute Gasteiger partial charge is 0.356 e. The van der Waals surface area contributed by atoms with Crippen LogP contribution in [0, 0.1) is 5.41 Å². The molecule has 1 fully saturated rings. The van der Waals surface area contributed by atoms with E-state index >= 15 is 0 Å². The highest BCUT2D eigenvalue weighted by Gasteiger charge is 2.37. The Morgan fingerprint density at radius 2 is 2.21 bits per heavy atom. The standard InChI is InChI=1S/C11H22N2O/c1-9(12)4-3-5-10(14)13-8-11(2)6-7-11/h9H,3-8,12H2,1-2H3,(H,13,14). The quantitative estimate of drug-likeness (QED) is 0.678. The fraction of sp³-hybridized carbons (Fsp3) is 0.909. The summed E-state index contributed by atoms with van der Waals surface area (Å²) < 4.78 is 0. The van der Waals surface area contributed by atoms with Gasteiger partial charge in [0.1, 0.15) is 0 Å². The van der Waals surface area contributed by atoms with Crippen LogP contribution in [0.2, 0.25) is 0 Å². The third-order valence-corrected chi connectivity index (χ3v) is 2.88. The summed E-state index contributed by atoms with van der Waals surface area (Å²) in [6.45, 7) is 5.04. The molecule has 0 aliphatic heterocycles. The zero-order chi connectivity index (χ0) is 10.6. The van der Waals surface area contributed by atoms with Crippen molar-refractivity contribution in [3.63, 3.8) is 0 Å². The second kappa shape index (κ2) is 4.78.